The Morgan fingerprint density at radius 3 is 2.62 bits per heavy atom. The Morgan fingerprint density at radius 2 is 2.00 bits per heavy atom. The molecule has 16 heavy (non-hydrogen) atoms. The number of nitrogens with one attached hydrogen (secondary N) is 1. The van der Waals surface area contributed by atoms with Crippen LogP contribution in [0.5, 0.6) is 0 Å². The average Bonchev–Trinajstić information content (AvgIpc) is 2.81. The maximum Gasteiger partial charge on any atom is 0.123 e. The molecule has 1 aromatic rings. The number of rotatable bonds is 3. The molecule has 3 heteroatoms. The van der Waals surface area contributed by atoms with Crippen molar-refractivity contribution in [1.29, 1.82) is 0 Å². The first-order valence-electron chi connectivity index (χ1n) is 5.94. The molecule has 1 aromatic carbocycles. The second kappa shape index (κ2) is 4.83. The Morgan fingerprint density at radius 1 is 1.31 bits per heavy atom. The van der Waals surface area contributed by atoms with Gasteiger partial charge in [0.2, 0.25) is 0 Å². The lowest BCUT2D eigenvalue weighted by molar-refractivity contribution is 0.607. The van der Waals surface area contributed by atoms with Crippen LogP contribution in [-0.4, -0.2) is 20.1 Å². The number of benzene rings is 1. The minimum Gasteiger partial charge on any atom is -0.371 e. The molecule has 0 aliphatic carbocycles. The largest absolute Gasteiger partial charge is 0.371 e. The number of halogens is 1. The van der Waals surface area contributed by atoms with E-state index in [1.807, 2.05) is 13.1 Å². The molecule has 1 saturated heterocycles. The van der Waals surface area contributed by atoms with Crippen molar-refractivity contribution in [2.75, 3.05) is 25.0 Å². The summed E-state index contributed by atoms with van der Waals surface area (Å²) in [6.07, 6.45) is 2.48. The fraction of sp³-hybridized carbons (Fsp3) is 0.538. The minimum atomic E-state index is -0.153. The molecule has 0 radical (unpaired) electrons. The highest BCUT2D eigenvalue weighted by molar-refractivity contribution is 5.55. The van der Waals surface area contributed by atoms with E-state index in [0.717, 1.165) is 18.7 Å². The van der Waals surface area contributed by atoms with E-state index in [1.165, 1.54) is 18.5 Å². The summed E-state index contributed by atoms with van der Waals surface area (Å²) in [5, 5.41) is 3.18. The highest BCUT2D eigenvalue weighted by atomic mass is 19.1. The van der Waals surface area contributed by atoms with Crippen molar-refractivity contribution in [2.24, 2.45) is 0 Å². The second-order valence-corrected chi connectivity index (χ2v) is 4.41. The maximum atomic E-state index is 13.3. The van der Waals surface area contributed by atoms with Gasteiger partial charge >= 0.3 is 0 Å². The highest BCUT2D eigenvalue weighted by Gasteiger charge is 2.18. The fourth-order valence-corrected chi connectivity index (χ4v) is 2.27. The smallest absolute Gasteiger partial charge is 0.123 e. The molecule has 1 heterocycles. The monoisotopic (exact) mass is 222 g/mol. The van der Waals surface area contributed by atoms with Crippen LogP contribution in [0.3, 0.4) is 0 Å². The van der Waals surface area contributed by atoms with Crippen LogP contribution in [0.15, 0.2) is 18.2 Å². The normalized spacial score (nSPS) is 17.8. The number of hydrogen-bond donors (Lipinski definition) is 1. The zero-order valence-corrected chi connectivity index (χ0v) is 9.96. The van der Waals surface area contributed by atoms with Gasteiger partial charge in [-0.25, -0.2) is 4.39 Å². The Hall–Kier alpha value is -1.09. The van der Waals surface area contributed by atoms with E-state index in [1.54, 1.807) is 12.1 Å². The summed E-state index contributed by atoms with van der Waals surface area (Å²) in [6.45, 7) is 4.25. The van der Waals surface area contributed by atoms with Crippen LogP contribution in [0.1, 0.15) is 31.4 Å². The van der Waals surface area contributed by atoms with E-state index >= 15 is 0 Å². The van der Waals surface area contributed by atoms with Crippen molar-refractivity contribution < 1.29 is 4.39 Å². The zero-order valence-electron chi connectivity index (χ0n) is 9.96. The van der Waals surface area contributed by atoms with Crippen LogP contribution < -0.4 is 10.2 Å². The zero-order chi connectivity index (χ0) is 11.5. The van der Waals surface area contributed by atoms with E-state index in [0.29, 0.717) is 0 Å². The summed E-state index contributed by atoms with van der Waals surface area (Å²) in [7, 11) is 1.91. The molecule has 2 rings (SSSR count). The Labute approximate surface area is 96.5 Å². The summed E-state index contributed by atoms with van der Waals surface area (Å²) in [5.74, 6) is -0.153. The summed E-state index contributed by atoms with van der Waals surface area (Å²) >= 11 is 0. The van der Waals surface area contributed by atoms with Crippen molar-refractivity contribution in [3.05, 3.63) is 29.6 Å². The Kier molecular flexibility index (Phi) is 3.44. The molecule has 0 spiro atoms. The van der Waals surface area contributed by atoms with Gasteiger partial charge in [-0.15, -0.1) is 0 Å². The van der Waals surface area contributed by atoms with Crippen LogP contribution in [-0.2, 0) is 0 Å². The second-order valence-electron chi connectivity index (χ2n) is 4.41. The number of hydrogen-bond acceptors (Lipinski definition) is 2. The van der Waals surface area contributed by atoms with Crippen molar-refractivity contribution in [1.82, 2.24) is 5.32 Å². The van der Waals surface area contributed by atoms with E-state index in [4.69, 9.17) is 0 Å². The average molecular weight is 222 g/mol. The van der Waals surface area contributed by atoms with Gasteiger partial charge in [-0.05, 0) is 50.6 Å². The van der Waals surface area contributed by atoms with Crippen LogP contribution >= 0.6 is 0 Å². The molecule has 1 aliphatic rings. The van der Waals surface area contributed by atoms with Gasteiger partial charge in [-0.2, -0.15) is 0 Å². The number of anilines is 1. The summed E-state index contributed by atoms with van der Waals surface area (Å²) in [6, 6.07) is 5.30. The van der Waals surface area contributed by atoms with Crippen molar-refractivity contribution in [3.8, 4) is 0 Å². The van der Waals surface area contributed by atoms with Crippen LogP contribution in [0, 0.1) is 5.82 Å². The first kappa shape index (κ1) is 11.4. The molecule has 1 N–H and O–H groups in total. The lowest BCUT2D eigenvalue weighted by Crippen LogP contribution is -2.22. The van der Waals surface area contributed by atoms with Gasteiger partial charge in [-0.1, -0.05) is 0 Å². The predicted octanol–water partition coefficient (Wildman–Crippen LogP) is 2.71. The van der Waals surface area contributed by atoms with E-state index in [9.17, 15) is 4.39 Å². The SMILES string of the molecule is CNC(C)c1cc(F)ccc1N1CCCC1. The molecule has 1 aliphatic heterocycles. The van der Waals surface area contributed by atoms with Gasteiger partial charge in [0.1, 0.15) is 5.82 Å². The molecule has 1 atom stereocenters. The van der Waals surface area contributed by atoms with Crippen LogP contribution in [0.25, 0.3) is 0 Å². The molecular weight excluding hydrogens is 203 g/mol. The van der Waals surface area contributed by atoms with Gasteiger partial charge in [0.25, 0.3) is 0 Å². The lowest BCUT2D eigenvalue weighted by Gasteiger charge is -2.24. The topological polar surface area (TPSA) is 15.3 Å². The first-order valence-corrected chi connectivity index (χ1v) is 5.94. The molecule has 0 amide bonds. The van der Waals surface area contributed by atoms with Gasteiger partial charge in [0.05, 0.1) is 0 Å². The highest BCUT2D eigenvalue weighted by Crippen LogP contribution is 2.29. The van der Waals surface area contributed by atoms with E-state index in [-0.39, 0.29) is 11.9 Å². The maximum absolute atomic E-state index is 13.3. The van der Waals surface area contributed by atoms with Gasteiger partial charge in [0, 0.05) is 24.8 Å². The summed E-state index contributed by atoms with van der Waals surface area (Å²) in [4.78, 5) is 2.35. The quantitative estimate of drug-likeness (QED) is 0.846. The lowest BCUT2D eigenvalue weighted by atomic mass is 10.1. The minimum absolute atomic E-state index is 0.153. The van der Waals surface area contributed by atoms with Gasteiger partial charge in [-0.3, -0.25) is 0 Å². The standard InChI is InChI=1S/C13H19FN2/c1-10(15-2)12-9-11(14)5-6-13(12)16-7-3-4-8-16/h5-6,9-10,15H,3-4,7-8H2,1-2H3. The summed E-state index contributed by atoms with van der Waals surface area (Å²) in [5.41, 5.74) is 2.24. The fourth-order valence-electron chi connectivity index (χ4n) is 2.27. The van der Waals surface area contributed by atoms with Crippen molar-refractivity contribution in [3.63, 3.8) is 0 Å². The molecule has 2 nitrogen and oxygen atoms in total. The van der Waals surface area contributed by atoms with Gasteiger partial charge in [0.15, 0.2) is 0 Å². The molecule has 1 fully saturated rings. The third kappa shape index (κ3) is 2.19. The van der Waals surface area contributed by atoms with Crippen LogP contribution in [0.4, 0.5) is 10.1 Å². The first-order chi connectivity index (χ1) is 7.72. The molecular formula is C13H19FN2. The predicted molar refractivity (Wildman–Crippen MR) is 65.3 cm³/mol. The summed E-state index contributed by atoms with van der Waals surface area (Å²) < 4.78 is 13.3. The Balaban J connectivity index is 2.34. The third-order valence-corrected chi connectivity index (χ3v) is 3.34. The van der Waals surface area contributed by atoms with E-state index in [2.05, 4.69) is 17.1 Å². The number of nitrogens with zero attached hydrogens (tertiary/aromatic N) is 1. The molecule has 1 unspecified atom stereocenters. The third-order valence-electron chi connectivity index (χ3n) is 3.34. The van der Waals surface area contributed by atoms with Crippen molar-refractivity contribution in [2.45, 2.75) is 25.8 Å². The molecule has 88 valence electrons. The van der Waals surface area contributed by atoms with Crippen molar-refractivity contribution >= 4 is 5.69 Å². The van der Waals surface area contributed by atoms with E-state index < -0.39 is 0 Å². The van der Waals surface area contributed by atoms with Crippen LogP contribution in [0.2, 0.25) is 0 Å². The van der Waals surface area contributed by atoms with Gasteiger partial charge < -0.3 is 10.2 Å². The Bertz CT molecular complexity index is 359. The molecule has 0 aromatic heterocycles. The molecule has 0 bridgehead atoms. The molecule has 0 saturated carbocycles.